The fourth-order valence-corrected chi connectivity index (χ4v) is 1.50. The molecule has 0 heterocycles. The monoisotopic (exact) mass is 299 g/mol. The van der Waals surface area contributed by atoms with Crippen LogP contribution in [-0.2, 0) is 14.2 Å². The molecular formula is C15H25NO5. The van der Waals surface area contributed by atoms with E-state index in [4.69, 9.17) is 29.4 Å². The molecule has 0 aliphatic carbocycles. The summed E-state index contributed by atoms with van der Waals surface area (Å²) in [6, 6.07) is 7.46. The molecule has 0 saturated heterocycles. The van der Waals surface area contributed by atoms with Gasteiger partial charge in [0.05, 0.1) is 33.0 Å². The summed E-state index contributed by atoms with van der Waals surface area (Å²) >= 11 is 0. The van der Waals surface area contributed by atoms with Gasteiger partial charge in [0.25, 0.3) is 0 Å². The highest BCUT2D eigenvalue weighted by atomic mass is 16.5. The fourth-order valence-electron chi connectivity index (χ4n) is 1.50. The van der Waals surface area contributed by atoms with E-state index in [0.29, 0.717) is 52.8 Å². The zero-order valence-corrected chi connectivity index (χ0v) is 12.6. The second-order valence-electron chi connectivity index (χ2n) is 4.17. The molecule has 6 nitrogen and oxygen atoms in total. The lowest BCUT2D eigenvalue weighted by Gasteiger charge is -2.09. The van der Waals surface area contributed by atoms with E-state index in [2.05, 4.69) is 0 Å². The Kier molecular flexibility index (Phi) is 10.5. The van der Waals surface area contributed by atoms with Crippen LogP contribution in [0, 0.1) is 0 Å². The van der Waals surface area contributed by atoms with Crippen molar-refractivity contribution in [2.45, 2.75) is 0 Å². The number of methoxy groups -OCH3 is 1. The summed E-state index contributed by atoms with van der Waals surface area (Å²) in [5.74, 6) is 1.58. The Bertz CT molecular complexity index is 344. The summed E-state index contributed by atoms with van der Waals surface area (Å²) in [7, 11) is 1.65. The summed E-state index contributed by atoms with van der Waals surface area (Å²) < 4.78 is 26.5. The van der Waals surface area contributed by atoms with Crippen molar-refractivity contribution in [2.75, 3.05) is 59.9 Å². The number of benzene rings is 1. The number of hydrogen-bond donors (Lipinski definition) is 1. The van der Waals surface area contributed by atoms with Gasteiger partial charge in [-0.25, -0.2) is 0 Å². The van der Waals surface area contributed by atoms with Crippen LogP contribution in [0.4, 0.5) is 0 Å². The third-order valence-electron chi connectivity index (χ3n) is 2.51. The lowest BCUT2D eigenvalue weighted by molar-refractivity contribution is 0.0544. The van der Waals surface area contributed by atoms with Gasteiger partial charge in [-0.05, 0) is 24.3 Å². The Morgan fingerprint density at radius 1 is 0.714 bits per heavy atom. The van der Waals surface area contributed by atoms with Crippen LogP contribution in [0.5, 0.6) is 11.5 Å². The summed E-state index contributed by atoms with van der Waals surface area (Å²) in [6.07, 6.45) is 0. The fraction of sp³-hybridized carbons (Fsp3) is 0.600. The van der Waals surface area contributed by atoms with E-state index < -0.39 is 0 Å². The van der Waals surface area contributed by atoms with Crippen LogP contribution in [0.1, 0.15) is 0 Å². The van der Waals surface area contributed by atoms with Crippen molar-refractivity contribution in [1.82, 2.24) is 0 Å². The molecule has 1 rings (SSSR count). The van der Waals surface area contributed by atoms with Crippen LogP contribution in [-0.4, -0.2) is 59.9 Å². The molecule has 0 radical (unpaired) electrons. The second kappa shape index (κ2) is 12.4. The molecule has 120 valence electrons. The van der Waals surface area contributed by atoms with Crippen molar-refractivity contribution in [3.05, 3.63) is 24.3 Å². The Labute approximate surface area is 126 Å². The van der Waals surface area contributed by atoms with E-state index in [9.17, 15) is 0 Å². The van der Waals surface area contributed by atoms with E-state index in [0.717, 1.165) is 11.5 Å². The van der Waals surface area contributed by atoms with Crippen molar-refractivity contribution in [3.8, 4) is 11.5 Å². The van der Waals surface area contributed by atoms with Gasteiger partial charge >= 0.3 is 0 Å². The maximum atomic E-state index is 5.54. The first kappa shape index (κ1) is 17.7. The van der Waals surface area contributed by atoms with Gasteiger partial charge in [-0.3, -0.25) is 0 Å². The van der Waals surface area contributed by atoms with Crippen LogP contribution in [0.3, 0.4) is 0 Å². The predicted molar refractivity (Wildman–Crippen MR) is 80.0 cm³/mol. The topological polar surface area (TPSA) is 72.2 Å². The minimum atomic E-state index is 0.507. The molecule has 0 bridgehead atoms. The third kappa shape index (κ3) is 9.25. The van der Waals surface area contributed by atoms with E-state index in [1.807, 2.05) is 24.3 Å². The first-order valence-electron chi connectivity index (χ1n) is 7.07. The number of ether oxygens (including phenoxy) is 5. The molecule has 1 aromatic carbocycles. The van der Waals surface area contributed by atoms with Gasteiger partial charge in [0.15, 0.2) is 0 Å². The van der Waals surface area contributed by atoms with Crippen LogP contribution < -0.4 is 15.2 Å². The summed E-state index contributed by atoms with van der Waals surface area (Å²) in [6.45, 7) is 4.36. The summed E-state index contributed by atoms with van der Waals surface area (Å²) in [5.41, 5.74) is 5.32. The highest BCUT2D eigenvalue weighted by Gasteiger charge is 1.97. The maximum absolute atomic E-state index is 5.54. The number of rotatable bonds is 13. The average molecular weight is 299 g/mol. The zero-order valence-electron chi connectivity index (χ0n) is 12.6. The molecule has 0 aromatic heterocycles. The van der Waals surface area contributed by atoms with Gasteiger partial charge in [0, 0.05) is 13.7 Å². The number of nitrogens with two attached hydrogens (primary N) is 1. The predicted octanol–water partition coefficient (Wildman–Crippen LogP) is 1.08. The van der Waals surface area contributed by atoms with E-state index in [-0.39, 0.29) is 0 Å². The first-order valence-corrected chi connectivity index (χ1v) is 7.07. The normalized spacial score (nSPS) is 10.6. The zero-order chi connectivity index (χ0) is 15.2. The maximum Gasteiger partial charge on any atom is 0.119 e. The van der Waals surface area contributed by atoms with E-state index in [1.165, 1.54) is 0 Å². The van der Waals surface area contributed by atoms with Crippen molar-refractivity contribution >= 4 is 0 Å². The van der Waals surface area contributed by atoms with Crippen molar-refractivity contribution in [1.29, 1.82) is 0 Å². The molecule has 6 heteroatoms. The van der Waals surface area contributed by atoms with E-state index in [1.54, 1.807) is 7.11 Å². The van der Waals surface area contributed by atoms with Gasteiger partial charge in [-0.15, -0.1) is 0 Å². The van der Waals surface area contributed by atoms with E-state index >= 15 is 0 Å². The van der Waals surface area contributed by atoms with Crippen molar-refractivity contribution in [3.63, 3.8) is 0 Å². The lowest BCUT2D eigenvalue weighted by atomic mass is 10.3. The Balaban J connectivity index is 2.09. The average Bonchev–Trinajstić information content (AvgIpc) is 2.52. The Morgan fingerprint density at radius 3 is 1.67 bits per heavy atom. The van der Waals surface area contributed by atoms with Gasteiger partial charge in [0.2, 0.25) is 0 Å². The summed E-state index contributed by atoms with van der Waals surface area (Å²) in [4.78, 5) is 0. The minimum Gasteiger partial charge on any atom is -0.491 e. The Morgan fingerprint density at radius 2 is 1.19 bits per heavy atom. The molecule has 0 fully saturated rings. The molecule has 0 atom stereocenters. The van der Waals surface area contributed by atoms with Gasteiger partial charge in [0.1, 0.15) is 24.7 Å². The second-order valence-corrected chi connectivity index (χ2v) is 4.17. The first-order chi connectivity index (χ1) is 10.4. The SMILES string of the molecule is COCCOCCOc1ccc(OCCOCCN)cc1. The molecule has 1 aromatic rings. The van der Waals surface area contributed by atoms with Crippen LogP contribution in [0.25, 0.3) is 0 Å². The van der Waals surface area contributed by atoms with Gasteiger partial charge in [-0.2, -0.15) is 0 Å². The van der Waals surface area contributed by atoms with Gasteiger partial charge < -0.3 is 29.4 Å². The molecule has 0 aliphatic heterocycles. The van der Waals surface area contributed by atoms with Gasteiger partial charge in [-0.1, -0.05) is 0 Å². The van der Waals surface area contributed by atoms with Crippen LogP contribution in [0.15, 0.2) is 24.3 Å². The largest absolute Gasteiger partial charge is 0.491 e. The van der Waals surface area contributed by atoms with Crippen molar-refractivity contribution < 1.29 is 23.7 Å². The number of hydrogen-bond acceptors (Lipinski definition) is 6. The molecule has 0 unspecified atom stereocenters. The third-order valence-corrected chi connectivity index (χ3v) is 2.51. The smallest absolute Gasteiger partial charge is 0.119 e. The standard InChI is InChI=1S/C15H25NO5/c1-17-8-9-19-11-13-21-15-4-2-14(3-5-15)20-12-10-18-7-6-16/h2-5H,6-13,16H2,1H3. The summed E-state index contributed by atoms with van der Waals surface area (Å²) in [5, 5.41) is 0. The Hall–Kier alpha value is -1.34. The molecule has 0 saturated carbocycles. The molecule has 2 N–H and O–H groups in total. The van der Waals surface area contributed by atoms with Crippen molar-refractivity contribution in [2.24, 2.45) is 5.73 Å². The molecule has 0 amide bonds. The minimum absolute atomic E-state index is 0.507. The molecule has 0 spiro atoms. The highest BCUT2D eigenvalue weighted by molar-refractivity contribution is 5.31. The molecule has 21 heavy (non-hydrogen) atoms. The highest BCUT2D eigenvalue weighted by Crippen LogP contribution is 2.17. The molecular weight excluding hydrogens is 274 g/mol. The lowest BCUT2D eigenvalue weighted by Crippen LogP contribution is -2.13. The quantitative estimate of drug-likeness (QED) is 0.550. The van der Waals surface area contributed by atoms with Crippen LogP contribution in [0.2, 0.25) is 0 Å². The van der Waals surface area contributed by atoms with Crippen LogP contribution >= 0.6 is 0 Å². The molecule has 0 aliphatic rings.